The number of benzene rings is 1. The summed E-state index contributed by atoms with van der Waals surface area (Å²) in [5.74, 6) is -1.04. The number of halogens is 1. The van der Waals surface area contributed by atoms with Gasteiger partial charge in [-0.2, -0.15) is 0 Å². The van der Waals surface area contributed by atoms with Gasteiger partial charge in [-0.05, 0) is 44.4 Å². The van der Waals surface area contributed by atoms with E-state index in [0.717, 1.165) is 0 Å². The fourth-order valence-corrected chi connectivity index (χ4v) is 3.67. The van der Waals surface area contributed by atoms with Crippen molar-refractivity contribution in [2.24, 2.45) is 0 Å². The zero-order valence-corrected chi connectivity index (χ0v) is 18.4. The second-order valence-electron chi connectivity index (χ2n) is 7.82. The lowest BCUT2D eigenvalue weighted by Crippen LogP contribution is -2.29. The molecule has 0 atom stereocenters. The van der Waals surface area contributed by atoms with E-state index in [-0.39, 0.29) is 50.1 Å². The van der Waals surface area contributed by atoms with E-state index in [1.165, 1.54) is 17.0 Å². The quantitative estimate of drug-likeness (QED) is 0.317. The number of hydrogen-bond donors (Lipinski definition) is 3. The van der Waals surface area contributed by atoms with Crippen LogP contribution in [0, 0.1) is 5.82 Å². The second-order valence-corrected chi connectivity index (χ2v) is 9.75. The number of urea groups is 1. The van der Waals surface area contributed by atoms with Gasteiger partial charge in [0.25, 0.3) is 0 Å². The first-order valence-electron chi connectivity index (χ1n) is 9.80. The molecule has 1 fully saturated rings. The summed E-state index contributed by atoms with van der Waals surface area (Å²) in [6, 6.07) is 3.81. The number of nitrogens with zero attached hydrogens (tertiary/aromatic N) is 1. The van der Waals surface area contributed by atoms with Gasteiger partial charge in [-0.25, -0.2) is 22.3 Å². The van der Waals surface area contributed by atoms with Crippen LogP contribution in [0.25, 0.3) is 0 Å². The number of sulfonamides is 1. The molecule has 0 bridgehead atoms. The molecule has 2 rings (SSSR count). The largest absolute Gasteiger partial charge is 0.488 e. The molecule has 3 N–H and O–H groups in total. The molecule has 172 valence electrons. The molecule has 0 saturated carbocycles. The molecule has 0 aliphatic carbocycles. The van der Waals surface area contributed by atoms with Gasteiger partial charge in [-0.1, -0.05) is 18.2 Å². The molecule has 1 aliphatic heterocycles. The molecular weight excluding hydrogens is 429 g/mol. The monoisotopic (exact) mass is 457 g/mol. The number of rotatable bonds is 12. The van der Waals surface area contributed by atoms with E-state index in [1.807, 2.05) is 0 Å². The minimum Gasteiger partial charge on any atom is -0.488 e. The number of imide groups is 1. The molecule has 1 aliphatic rings. The number of hydrogen-bond acceptors (Lipinski definition) is 6. The highest BCUT2D eigenvalue weighted by molar-refractivity contribution is 7.89. The molecule has 9 nitrogen and oxygen atoms in total. The summed E-state index contributed by atoms with van der Waals surface area (Å²) in [6.07, 6.45) is 3.87. The molecular formula is C20H28FN3O6S. The van der Waals surface area contributed by atoms with E-state index in [4.69, 9.17) is 4.74 Å². The number of ether oxygens (including phenoxy) is 1. The van der Waals surface area contributed by atoms with Gasteiger partial charge in [-0.3, -0.25) is 10.1 Å². The molecule has 0 radical (unpaired) electrons. The first kappa shape index (κ1) is 24.8. The van der Waals surface area contributed by atoms with Crippen molar-refractivity contribution >= 4 is 22.0 Å². The maximum atomic E-state index is 13.8. The van der Waals surface area contributed by atoms with Gasteiger partial charge in [0, 0.05) is 13.1 Å². The third-order valence-corrected chi connectivity index (χ3v) is 5.64. The molecule has 1 heterocycles. The molecule has 1 aromatic rings. The van der Waals surface area contributed by atoms with Crippen molar-refractivity contribution in [1.82, 2.24) is 14.9 Å². The van der Waals surface area contributed by atoms with Crippen LogP contribution in [-0.4, -0.2) is 68.0 Å². The third kappa shape index (κ3) is 9.03. The Morgan fingerprint density at radius 1 is 1.32 bits per heavy atom. The van der Waals surface area contributed by atoms with Crippen LogP contribution in [0.1, 0.15) is 25.8 Å². The summed E-state index contributed by atoms with van der Waals surface area (Å²) in [7, 11) is -3.51. The van der Waals surface area contributed by atoms with Crippen molar-refractivity contribution in [3.05, 3.63) is 41.7 Å². The summed E-state index contributed by atoms with van der Waals surface area (Å²) in [6.45, 7) is 3.38. The van der Waals surface area contributed by atoms with Crippen molar-refractivity contribution in [2.45, 2.75) is 32.3 Å². The average molecular weight is 458 g/mol. The van der Waals surface area contributed by atoms with E-state index < -0.39 is 27.5 Å². The van der Waals surface area contributed by atoms with E-state index >= 15 is 0 Å². The van der Waals surface area contributed by atoms with Gasteiger partial charge < -0.3 is 14.7 Å². The molecule has 1 saturated heterocycles. The van der Waals surface area contributed by atoms with Crippen LogP contribution in [-0.2, 0) is 21.2 Å². The summed E-state index contributed by atoms with van der Waals surface area (Å²) in [5.41, 5.74) is -0.418. The molecule has 3 amide bonds. The Labute approximate surface area is 181 Å². The molecule has 0 unspecified atom stereocenters. The summed E-state index contributed by atoms with van der Waals surface area (Å²) in [5, 5.41) is 11.8. The van der Waals surface area contributed by atoms with Crippen LogP contribution < -0.4 is 14.8 Å². The maximum Gasteiger partial charge on any atom is 0.324 e. The zero-order chi connectivity index (χ0) is 23.1. The van der Waals surface area contributed by atoms with Gasteiger partial charge in [0.1, 0.15) is 13.2 Å². The topological polar surface area (TPSA) is 125 Å². The first-order chi connectivity index (χ1) is 14.5. The average Bonchev–Trinajstić information content (AvgIpc) is 2.98. The normalized spacial score (nSPS) is 15.0. The van der Waals surface area contributed by atoms with Crippen molar-refractivity contribution in [3.63, 3.8) is 0 Å². The summed E-state index contributed by atoms with van der Waals surface area (Å²) in [4.78, 5) is 23.8. The third-order valence-electron chi connectivity index (χ3n) is 4.23. The summed E-state index contributed by atoms with van der Waals surface area (Å²) >= 11 is 0. The predicted molar refractivity (Wildman–Crippen MR) is 113 cm³/mol. The van der Waals surface area contributed by atoms with Crippen LogP contribution in [0.2, 0.25) is 0 Å². The van der Waals surface area contributed by atoms with Crippen molar-refractivity contribution < 1.29 is 32.2 Å². The lowest BCUT2D eigenvalue weighted by atomic mass is 10.1. The van der Waals surface area contributed by atoms with Gasteiger partial charge in [0.05, 0.1) is 11.4 Å². The van der Waals surface area contributed by atoms with Crippen molar-refractivity contribution in [1.29, 1.82) is 0 Å². The molecule has 1 aromatic carbocycles. The number of carbonyl (C=O) groups is 2. The Hall–Kier alpha value is -2.50. The standard InChI is InChI=1S/C20H28FN3O6S/c1-20(2,27)14-30-17-12-15(6-7-16(17)21)8-9-22-31(28,29)11-5-3-4-10-24-13-18(25)23-19(24)26/h3-4,6-7,12,22,27H,5,8-11,13-14H2,1-2H3,(H,23,25,26). The highest BCUT2D eigenvalue weighted by Gasteiger charge is 2.25. The van der Waals surface area contributed by atoms with E-state index in [1.54, 1.807) is 32.1 Å². The molecule has 11 heteroatoms. The fraction of sp³-hybridized carbons (Fsp3) is 0.500. The van der Waals surface area contributed by atoms with E-state index in [2.05, 4.69) is 10.0 Å². The number of carbonyl (C=O) groups excluding carboxylic acids is 2. The number of aliphatic hydroxyl groups is 1. The van der Waals surface area contributed by atoms with Gasteiger partial charge >= 0.3 is 6.03 Å². The van der Waals surface area contributed by atoms with Crippen LogP contribution in [0.5, 0.6) is 5.75 Å². The van der Waals surface area contributed by atoms with E-state index in [9.17, 15) is 27.5 Å². The number of allylic oxidation sites excluding steroid dienone is 1. The minimum atomic E-state index is -3.51. The van der Waals surface area contributed by atoms with Crippen LogP contribution in [0.3, 0.4) is 0 Å². The Morgan fingerprint density at radius 3 is 2.71 bits per heavy atom. The van der Waals surface area contributed by atoms with Gasteiger partial charge in [0.15, 0.2) is 11.6 Å². The van der Waals surface area contributed by atoms with Gasteiger partial charge in [-0.15, -0.1) is 0 Å². The SMILES string of the molecule is CC(C)(O)COc1cc(CCNS(=O)(=O)CCC=CCN2CC(=O)NC2=O)ccc1F. The number of nitrogens with one attached hydrogen (secondary N) is 2. The Morgan fingerprint density at radius 2 is 2.06 bits per heavy atom. The van der Waals surface area contributed by atoms with Crippen LogP contribution in [0.15, 0.2) is 30.4 Å². The first-order valence-corrected chi connectivity index (χ1v) is 11.5. The van der Waals surface area contributed by atoms with Crippen LogP contribution in [0.4, 0.5) is 9.18 Å². The molecule has 31 heavy (non-hydrogen) atoms. The number of amides is 3. The smallest absolute Gasteiger partial charge is 0.324 e. The van der Waals surface area contributed by atoms with E-state index in [0.29, 0.717) is 12.0 Å². The lowest BCUT2D eigenvalue weighted by Gasteiger charge is -2.18. The van der Waals surface area contributed by atoms with Crippen LogP contribution >= 0.6 is 0 Å². The fourth-order valence-electron chi connectivity index (χ4n) is 2.66. The van der Waals surface area contributed by atoms with Gasteiger partial charge in [0.2, 0.25) is 15.9 Å². The highest BCUT2D eigenvalue weighted by atomic mass is 32.2. The lowest BCUT2D eigenvalue weighted by molar-refractivity contribution is -0.118. The molecule has 0 aromatic heterocycles. The van der Waals surface area contributed by atoms with Crippen molar-refractivity contribution in [3.8, 4) is 5.75 Å². The maximum absolute atomic E-state index is 13.8. The second kappa shape index (κ2) is 10.7. The Balaban J connectivity index is 1.73. The summed E-state index contributed by atoms with van der Waals surface area (Å²) < 4.78 is 45.8. The highest BCUT2D eigenvalue weighted by Crippen LogP contribution is 2.20. The minimum absolute atomic E-state index is 0.000929. The van der Waals surface area contributed by atoms with Crippen molar-refractivity contribution in [2.75, 3.05) is 32.0 Å². The molecule has 0 spiro atoms. The Bertz CT molecular complexity index is 927. The predicted octanol–water partition coefficient (Wildman–Crippen LogP) is 0.935. The zero-order valence-electron chi connectivity index (χ0n) is 17.6. The Kier molecular flexibility index (Phi) is 8.54.